The maximum Gasteiger partial charge on any atom is 0.266 e. The Morgan fingerprint density at radius 3 is 2.70 bits per heavy atom. The molecule has 4 rings (SSSR count). The van der Waals surface area contributed by atoms with Crippen LogP contribution in [0.1, 0.15) is 12.2 Å². The molecule has 0 unspecified atom stereocenters. The van der Waals surface area contributed by atoms with E-state index in [1.54, 1.807) is 71.8 Å². The number of carbonyl (C=O) groups excluding carboxylic acids is 1. The van der Waals surface area contributed by atoms with Crippen molar-refractivity contribution in [2.75, 3.05) is 12.3 Å². The maximum absolute atomic E-state index is 13.3. The van der Waals surface area contributed by atoms with Crippen LogP contribution in [0.3, 0.4) is 0 Å². The molecule has 33 heavy (non-hydrogen) atoms. The van der Waals surface area contributed by atoms with E-state index in [1.165, 1.54) is 4.57 Å². The Hall–Kier alpha value is -3.54. The van der Waals surface area contributed by atoms with Crippen LogP contribution in [-0.4, -0.2) is 32.7 Å². The molecule has 0 aliphatic carbocycles. The normalized spacial score (nSPS) is 10.8. The standard InChI is InChI=1S/C24H19ClN4O3S/c25-19-9-2-4-11-21(19)29-23(31)18-8-1-3-10-20(18)27-24(29)33-16-22(30)28(13-6-12-26)15-17-7-5-14-32-17/h1-5,7-11,14H,6,13,15-16H2. The number of rotatable bonds is 8. The van der Waals surface area contributed by atoms with Gasteiger partial charge in [0.05, 0.1) is 52.7 Å². The van der Waals surface area contributed by atoms with Gasteiger partial charge in [-0.25, -0.2) is 4.98 Å². The Labute approximate surface area is 199 Å². The van der Waals surface area contributed by atoms with Gasteiger partial charge in [-0.15, -0.1) is 0 Å². The number of aromatic nitrogens is 2. The molecule has 0 aliphatic rings. The van der Waals surface area contributed by atoms with Gasteiger partial charge < -0.3 is 9.32 Å². The highest BCUT2D eigenvalue weighted by Crippen LogP contribution is 2.26. The summed E-state index contributed by atoms with van der Waals surface area (Å²) in [6.07, 6.45) is 1.74. The minimum Gasteiger partial charge on any atom is -0.467 e. The largest absolute Gasteiger partial charge is 0.467 e. The number of benzene rings is 2. The molecule has 0 fully saturated rings. The number of amides is 1. The van der Waals surface area contributed by atoms with Crippen molar-refractivity contribution in [2.24, 2.45) is 0 Å². The quantitative estimate of drug-likeness (QED) is 0.270. The van der Waals surface area contributed by atoms with Crippen molar-refractivity contribution in [3.8, 4) is 11.8 Å². The average Bonchev–Trinajstić information content (AvgIpc) is 3.34. The minimum absolute atomic E-state index is 0.0291. The molecule has 1 amide bonds. The third-order valence-electron chi connectivity index (χ3n) is 4.94. The average molecular weight is 479 g/mol. The summed E-state index contributed by atoms with van der Waals surface area (Å²) in [5.41, 5.74) is 0.771. The van der Waals surface area contributed by atoms with Crippen LogP contribution in [-0.2, 0) is 11.3 Å². The van der Waals surface area contributed by atoms with Gasteiger partial charge in [0, 0.05) is 6.54 Å². The lowest BCUT2D eigenvalue weighted by molar-refractivity contribution is -0.129. The van der Waals surface area contributed by atoms with Gasteiger partial charge >= 0.3 is 0 Å². The number of carbonyl (C=O) groups is 1. The van der Waals surface area contributed by atoms with E-state index in [1.807, 2.05) is 0 Å². The zero-order valence-electron chi connectivity index (χ0n) is 17.5. The summed E-state index contributed by atoms with van der Waals surface area (Å²) in [6.45, 7) is 0.537. The fourth-order valence-electron chi connectivity index (χ4n) is 3.34. The number of furan rings is 1. The van der Waals surface area contributed by atoms with Crippen LogP contribution in [0.2, 0.25) is 5.02 Å². The molecule has 2 aromatic heterocycles. The molecule has 0 saturated heterocycles. The van der Waals surface area contributed by atoms with Crippen molar-refractivity contribution in [1.29, 1.82) is 5.26 Å². The summed E-state index contributed by atoms with van der Waals surface area (Å²) in [6, 6.07) is 19.7. The van der Waals surface area contributed by atoms with Gasteiger partial charge in [0.25, 0.3) is 5.56 Å². The Kier molecular flexibility index (Phi) is 7.13. The lowest BCUT2D eigenvalue weighted by atomic mass is 10.2. The second-order valence-corrected chi connectivity index (χ2v) is 8.44. The first-order chi connectivity index (χ1) is 16.1. The van der Waals surface area contributed by atoms with Crippen molar-refractivity contribution < 1.29 is 9.21 Å². The van der Waals surface area contributed by atoms with E-state index in [2.05, 4.69) is 11.1 Å². The van der Waals surface area contributed by atoms with E-state index < -0.39 is 0 Å². The lowest BCUT2D eigenvalue weighted by Crippen LogP contribution is -2.33. The molecule has 4 aromatic rings. The number of hydrogen-bond acceptors (Lipinski definition) is 6. The molecule has 2 heterocycles. The van der Waals surface area contributed by atoms with E-state index in [0.717, 1.165) is 11.8 Å². The maximum atomic E-state index is 13.3. The summed E-state index contributed by atoms with van der Waals surface area (Å²) in [5, 5.41) is 10.2. The second kappa shape index (κ2) is 10.4. The van der Waals surface area contributed by atoms with Gasteiger partial charge in [0.2, 0.25) is 5.91 Å². The van der Waals surface area contributed by atoms with E-state index in [9.17, 15) is 9.59 Å². The van der Waals surface area contributed by atoms with Crippen LogP contribution >= 0.6 is 23.4 Å². The van der Waals surface area contributed by atoms with Crippen molar-refractivity contribution in [3.63, 3.8) is 0 Å². The summed E-state index contributed by atoms with van der Waals surface area (Å²) in [7, 11) is 0. The fourth-order valence-corrected chi connectivity index (χ4v) is 4.47. The summed E-state index contributed by atoms with van der Waals surface area (Å²) >= 11 is 7.54. The van der Waals surface area contributed by atoms with Crippen molar-refractivity contribution in [1.82, 2.24) is 14.5 Å². The molecule has 166 valence electrons. The zero-order chi connectivity index (χ0) is 23.2. The predicted molar refractivity (Wildman–Crippen MR) is 127 cm³/mol. The molecule has 7 nitrogen and oxygen atoms in total. The van der Waals surface area contributed by atoms with E-state index >= 15 is 0 Å². The van der Waals surface area contributed by atoms with Crippen LogP contribution in [0.4, 0.5) is 0 Å². The molecule has 0 spiro atoms. The number of nitriles is 1. The van der Waals surface area contributed by atoms with Crippen LogP contribution in [0.15, 0.2) is 81.3 Å². The highest BCUT2D eigenvalue weighted by Gasteiger charge is 2.19. The fraction of sp³-hybridized carbons (Fsp3) is 0.167. The number of hydrogen-bond donors (Lipinski definition) is 0. The third-order valence-corrected chi connectivity index (χ3v) is 6.18. The van der Waals surface area contributed by atoms with Gasteiger partial charge in [0.15, 0.2) is 5.16 Å². The highest BCUT2D eigenvalue weighted by atomic mass is 35.5. The second-order valence-electron chi connectivity index (χ2n) is 7.09. The summed E-state index contributed by atoms with van der Waals surface area (Å²) in [5.74, 6) is 0.462. The molecular weight excluding hydrogens is 460 g/mol. The third kappa shape index (κ3) is 5.11. The van der Waals surface area contributed by atoms with E-state index in [-0.39, 0.29) is 36.7 Å². The van der Waals surface area contributed by atoms with Gasteiger partial charge in [0.1, 0.15) is 5.76 Å². The Morgan fingerprint density at radius 2 is 1.94 bits per heavy atom. The van der Waals surface area contributed by atoms with Gasteiger partial charge in [-0.2, -0.15) is 5.26 Å². The number of nitrogens with zero attached hydrogens (tertiary/aromatic N) is 4. The lowest BCUT2D eigenvalue weighted by Gasteiger charge is -2.21. The minimum atomic E-state index is -0.263. The molecule has 0 atom stereocenters. The molecule has 0 saturated carbocycles. The predicted octanol–water partition coefficient (Wildman–Crippen LogP) is 4.67. The van der Waals surface area contributed by atoms with Crippen LogP contribution in [0.5, 0.6) is 0 Å². The van der Waals surface area contributed by atoms with Crippen LogP contribution in [0.25, 0.3) is 16.6 Å². The SMILES string of the molecule is N#CCCN(Cc1ccco1)C(=O)CSc1nc2ccccc2c(=O)n1-c1ccccc1Cl. The van der Waals surface area contributed by atoms with Crippen LogP contribution < -0.4 is 5.56 Å². The molecule has 0 bridgehead atoms. The topological polar surface area (TPSA) is 92.1 Å². The van der Waals surface area contributed by atoms with Gasteiger partial charge in [-0.05, 0) is 36.4 Å². The number of thioether (sulfide) groups is 1. The monoisotopic (exact) mass is 478 g/mol. The Morgan fingerprint density at radius 1 is 1.15 bits per heavy atom. The smallest absolute Gasteiger partial charge is 0.266 e. The van der Waals surface area contributed by atoms with E-state index in [4.69, 9.17) is 21.3 Å². The van der Waals surface area contributed by atoms with Crippen molar-refractivity contribution in [2.45, 2.75) is 18.1 Å². The Balaban J connectivity index is 1.67. The number of fused-ring (bicyclic) bond motifs is 1. The molecule has 2 aromatic carbocycles. The molecule has 0 aliphatic heterocycles. The molecule has 0 radical (unpaired) electrons. The van der Waals surface area contributed by atoms with Crippen molar-refractivity contribution in [3.05, 3.63) is 88.1 Å². The Bertz CT molecular complexity index is 1380. The number of halogens is 1. The number of para-hydroxylation sites is 2. The summed E-state index contributed by atoms with van der Waals surface area (Å²) < 4.78 is 6.79. The first kappa shape index (κ1) is 22.6. The highest BCUT2D eigenvalue weighted by molar-refractivity contribution is 7.99. The zero-order valence-corrected chi connectivity index (χ0v) is 19.1. The van der Waals surface area contributed by atoms with Crippen LogP contribution in [0, 0.1) is 11.3 Å². The first-order valence-corrected chi connectivity index (χ1v) is 11.5. The van der Waals surface area contributed by atoms with Crippen molar-refractivity contribution >= 4 is 40.2 Å². The van der Waals surface area contributed by atoms with Gasteiger partial charge in [-0.1, -0.05) is 47.6 Å². The van der Waals surface area contributed by atoms with Gasteiger partial charge in [-0.3, -0.25) is 14.2 Å². The molecular formula is C24H19ClN4O3S. The van der Waals surface area contributed by atoms with E-state index in [0.29, 0.717) is 32.5 Å². The summed E-state index contributed by atoms with van der Waals surface area (Å²) in [4.78, 5) is 32.6. The molecule has 0 N–H and O–H groups in total. The molecule has 9 heteroatoms. The first-order valence-electron chi connectivity index (χ1n) is 10.1.